The van der Waals surface area contributed by atoms with E-state index in [1.165, 1.54) is 11.1 Å². The lowest BCUT2D eigenvalue weighted by Gasteiger charge is -2.09. The van der Waals surface area contributed by atoms with Crippen LogP contribution in [0, 0.1) is 6.92 Å². The highest BCUT2D eigenvalue weighted by Crippen LogP contribution is 2.13. The number of anilines is 1. The lowest BCUT2D eigenvalue weighted by atomic mass is 10.0. The molecule has 0 fully saturated rings. The molecule has 4 nitrogen and oxygen atoms in total. The summed E-state index contributed by atoms with van der Waals surface area (Å²) in [6, 6.07) is 8.52. The first-order valence-electron chi connectivity index (χ1n) is 6.96. The molecule has 0 saturated heterocycles. The van der Waals surface area contributed by atoms with E-state index in [4.69, 9.17) is 0 Å². The van der Waals surface area contributed by atoms with E-state index in [0.29, 0.717) is 0 Å². The van der Waals surface area contributed by atoms with Gasteiger partial charge in [0.15, 0.2) is 0 Å². The third kappa shape index (κ3) is 3.13. The molecule has 0 aliphatic heterocycles. The van der Waals surface area contributed by atoms with E-state index in [2.05, 4.69) is 65.1 Å². The van der Waals surface area contributed by atoms with Crippen molar-refractivity contribution in [3.63, 3.8) is 0 Å². The smallest absolute Gasteiger partial charge is 0.224 e. The Morgan fingerprint density at radius 2 is 1.89 bits per heavy atom. The Morgan fingerprint density at radius 1 is 1.11 bits per heavy atom. The standard InChI is InChI=1S/C15H22N4/c1-4-16-15-18-17-14(19(15)5-2)11-10-13-9-7-6-8-12(13)3/h6-9H,4-5,10-11H2,1-3H3,(H,16,18). The summed E-state index contributed by atoms with van der Waals surface area (Å²) in [7, 11) is 0. The van der Waals surface area contributed by atoms with Gasteiger partial charge in [-0.25, -0.2) is 0 Å². The van der Waals surface area contributed by atoms with Gasteiger partial charge < -0.3 is 5.32 Å². The minimum atomic E-state index is 0.871. The lowest BCUT2D eigenvalue weighted by molar-refractivity contribution is 0.692. The first-order chi connectivity index (χ1) is 9.26. The second-order valence-electron chi connectivity index (χ2n) is 4.64. The lowest BCUT2D eigenvalue weighted by Crippen LogP contribution is -2.09. The van der Waals surface area contributed by atoms with Crippen LogP contribution in [0.4, 0.5) is 5.95 Å². The molecule has 0 bridgehead atoms. The zero-order valence-corrected chi connectivity index (χ0v) is 12.0. The molecule has 0 spiro atoms. The van der Waals surface area contributed by atoms with Crippen LogP contribution in [0.5, 0.6) is 0 Å². The zero-order valence-electron chi connectivity index (χ0n) is 12.0. The summed E-state index contributed by atoms with van der Waals surface area (Å²) >= 11 is 0. The van der Waals surface area contributed by atoms with E-state index in [1.807, 2.05) is 0 Å². The molecule has 0 aliphatic carbocycles. The second kappa shape index (κ2) is 6.36. The first-order valence-corrected chi connectivity index (χ1v) is 6.96. The number of nitrogens with one attached hydrogen (secondary N) is 1. The predicted molar refractivity (Wildman–Crippen MR) is 78.4 cm³/mol. The molecule has 0 aliphatic rings. The summed E-state index contributed by atoms with van der Waals surface area (Å²) in [5, 5.41) is 11.8. The van der Waals surface area contributed by atoms with Crippen molar-refractivity contribution < 1.29 is 0 Å². The Morgan fingerprint density at radius 3 is 2.58 bits per heavy atom. The molecular formula is C15H22N4. The molecular weight excluding hydrogens is 236 g/mol. The van der Waals surface area contributed by atoms with Gasteiger partial charge in [-0.1, -0.05) is 24.3 Å². The quantitative estimate of drug-likeness (QED) is 0.866. The van der Waals surface area contributed by atoms with Gasteiger partial charge in [0.2, 0.25) is 5.95 Å². The third-order valence-corrected chi connectivity index (χ3v) is 3.36. The van der Waals surface area contributed by atoms with Crippen LogP contribution in [-0.2, 0) is 19.4 Å². The van der Waals surface area contributed by atoms with Crippen molar-refractivity contribution in [2.75, 3.05) is 11.9 Å². The number of aromatic nitrogens is 3. The maximum absolute atomic E-state index is 4.30. The summed E-state index contributed by atoms with van der Waals surface area (Å²) in [5.74, 6) is 1.94. The van der Waals surface area contributed by atoms with Gasteiger partial charge in [-0.3, -0.25) is 4.57 Å². The molecule has 1 heterocycles. The average molecular weight is 258 g/mol. The van der Waals surface area contributed by atoms with Crippen molar-refractivity contribution >= 4 is 5.95 Å². The molecule has 1 aromatic heterocycles. The monoisotopic (exact) mass is 258 g/mol. The predicted octanol–water partition coefficient (Wildman–Crippen LogP) is 2.82. The van der Waals surface area contributed by atoms with Gasteiger partial charge in [-0.05, 0) is 38.3 Å². The summed E-state index contributed by atoms with van der Waals surface area (Å²) in [6.07, 6.45) is 1.94. The Balaban J connectivity index is 2.09. The average Bonchev–Trinajstić information content (AvgIpc) is 2.80. The number of hydrogen-bond donors (Lipinski definition) is 1. The molecule has 19 heavy (non-hydrogen) atoms. The Labute approximate surface area is 114 Å². The zero-order chi connectivity index (χ0) is 13.7. The first kappa shape index (κ1) is 13.6. The molecule has 1 N–H and O–H groups in total. The number of nitrogens with zero attached hydrogens (tertiary/aromatic N) is 3. The highest BCUT2D eigenvalue weighted by molar-refractivity contribution is 5.28. The van der Waals surface area contributed by atoms with Crippen LogP contribution in [0.1, 0.15) is 30.8 Å². The van der Waals surface area contributed by atoms with Crippen molar-refractivity contribution in [2.45, 2.75) is 40.2 Å². The van der Waals surface area contributed by atoms with Crippen LogP contribution in [0.25, 0.3) is 0 Å². The number of aryl methyl sites for hydroxylation is 3. The van der Waals surface area contributed by atoms with E-state index in [9.17, 15) is 0 Å². The van der Waals surface area contributed by atoms with Gasteiger partial charge in [0, 0.05) is 19.5 Å². The Hall–Kier alpha value is -1.84. The number of rotatable bonds is 6. The second-order valence-corrected chi connectivity index (χ2v) is 4.64. The number of benzene rings is 1. The van der Waals surface area contributed by atoms with Crippen LogP contribution in [0.3, 0.4) is 0 Å². The normalized spacial score (nSPS) is 10.7. The fourth-order valence-corrected chi connectivity index (χ4v) is 2.28. The molecule has 0 unspecified atom stereocenters. The van der Waals surface area contributed by atoms with Crippen molar-refractivity contribution in [1.82, 2.24) is 14.8 Å². The number of hydrogen-bond acceptors (Lipinski definition) is 3. The van der Waals surface area contributed by atoms with Gasteiger partial charge in [-0.15, -0.1) is 10.2 Å². The summed E-state index contributed by atoms with van der Waals surface area (Å²) in [5.41, 5.74) is 2.73. The molecule has 2 aromatic rings. The fourth-order valence-electron chi connectivity index (χ4n) is 2.28. The molecule has 102 valence electrons. The molecule has 0 radical (unpaired) electrons. The summed E-state index contributed by atoms with van der Waals surface area (Å²) < 4.78 is 2.15. The fraction of sp³-hybridized carbons (Fsp3) is 0.467. The van der Waals surface area contributed by atoms with Crippen molar-refractivity contribution in [3.8, 4) is 0 Å². The summed E-state index contributed by atoms with van der Waals surface area (Å²) in [6.45, 7) is 8.13. The van der Waals surface area contributed by atoms with Gasteiger partial charge in [0.25, 0.3) is 0 Å². The molecule has 1 aromatic carbocycles. The van der Waals surface area contributed by atoms with E-state index < -0.39 is 0 Å². The minimum absolute atomic E-state index is 0.871. The van der Waals surface area contributed by atoms with E-state index >= 15 is 0 Å². The van der Waals surface area contributed by atoms with Crippen molar-refractivity contribution in [1.29, 1.82) is 0 Å². The maximum Gasteiger partial charge on any atom is 0.224 e. The van der Waals surface area contributed by atoms with E-state index in [1.54, 1.807) is 0 Å². The highest BCUT2D eigenvalue weighted by atomic mass is 15.3. The third-order valence-electron chi connectivity index (χ3n) is 3.36. The molecule has 4 heteroatoms. The summed E-state index contributed by atoms with van der Waals surface area (Å²) in [4.78, 5) is 0. The Kier molecular flexibility index (Phi) is 4.55. The van der Waals surface area contributed by atoms with Crippen LogP contribution < -0.4 is 5.32 Å². The van der Waals surface area contributed by atoms with Crippen LogP contribution in [0.15, 0.2) is 24.3 Å². The van der Waals surface area contributed by atoms with Crippen LogP contribution in [0.2, 0.25) is 0 Å². The van der Waals surface area contributed by atoms with E-state index in [0.717, 1.165) is 37.7 Å². The highest BCUT2D eigenvalue weighted by Gasteiger charge is 2.10. The van der Waals surface area contributed by atoms with Crippen LogP contribution in [-0.4, -0.2) is 21.3 Å². The Bertz CT molecular complexity index is 531. The van der Waals surface area contributed by atoms with E-state index in [-0.39, 0.29) is 0 Å². The largest absolute Gasteiger partial charge is 0.355 e. The van der Waals surface area contributed by atoms with Crippen molar-refractivity contribution in [3.05, 3.63) is 41.2 Å². The van der Waals surface area contributed by atoms with Gasteiger partial charge in [-0.2, -0.15) is 0 Å². The van der Waals surface area contributed by atoms with Gasteiger partial charge >= 0.3 is 0 Å². The topological polar surface area (TPSA) is 42.7 Å². The molecule has 2 rings (SSSR count). The molecule has 0 saturated carbocycles. The molecule has 0 atom stereocenters. The van der Waals surface area contributed by atoms with Crippen LogP contribution >= 0.6 is 0 Å². The van der Waals surface area contributed by atoms with Gasteiger partial charge in [0.05, 0.1) is 0 Å². The molecule has 0 amide bonds. The maximum atomic E-state index is 4.30. The SMILES string of the molecule is CCNc1nnc(CCc2ccccc2C)n1CC. The minimum Gasteiger partial charge on any atom is -0.355 e. The van der Waals surface area contributed by atoms with Gasteiger partial charge in [0.1, 0.15) is 5.82 Å². The van der Waals surface area contributed by atoms with Crippen molar-refractivity contribution in [2.24, 2.45) is 0 Å².